The molecule has 0 aliphatic carbocycles. The van der Waals surface area contributed by atoms with Gasteiger partial charge in [-0.15, -0.1) is 10.2 Å². The fraction of sp³-hybridized carbons (Fsp3) is 0.267. The molecule has 1 aromatic carbocycles. The van der Waals surface area contributed by atoms with Gasteiger partial charge < -0.3 is 15.0 Å². The number of amides is 1. The number of carbonyl (C=O) groups excluding carboxylic acids is 1. The van der Waals surface area contributed by atoms with Gasteiger partial charge in [-0.1, -0.05) is 23.2 Å². The largest absolute Gasteiger partial charge is 0.378 e. The van der Waals surface area contributed by atoms with Crippen molar-refractivity contribution in [2.45, 2.75) is 0 Å². The van der Waals surface area contributed by atoms with Crippen LogP contribution in [-0.4, -0.2) is 47.3 Å². The minimum atomic E-state index is -0.137. The highest BCUT2D eigenvalue weighted by Crippen LogP contribution is 2.26. The van der Waals surface area contributed by atoms with Crippen LogP contribution in [0.3, 0.4) is 0 Å². The smallest absolute Gasteiger partial charge is 0.274 e. The van der Waals surface area contributed by atoms with E-state index < -0.39 is 0 Å². The Hall–Kier alpha value is -1.89. The topological polar surface area (TPSA) is 67.4 Å². The Morgan fingerprint density at radius 1 is 1.09 bits per heavy atom. The molecule has 2 heterocycles. The minimum absolute atomic E-state index is 0.137. The zero-order chi connectivity index (χ0) is 16.2. The molecule has 8 heteroatoms. The molecule has 0 unspecified atom stereocenters. The number of hydrogen-bond acceptors (Lipinski definition) is 5. The number of hydrogen-bond donors (Lipinski definition) is 1. The molecule has 6 nitrogen and oxygen atoms in total. The minimum Gasteiger partial charge on any atom is -0.378 e. The van der Waals surface area contributed by atoms with Crippen molar-refractivity contribution in [1.82, 2.24) is 15.1 Å². The van der Waals surface area contributed by atoms with E-state index in [1.807, 2.05) is 0 Å². The van der Waals surface area contributed by atoms with E-state index in [9.17, 15) is 4.79 Å². The number of carbonyl (C=O) groups is 1. The lowest BCUT2D eigenvalue weighted by atomic mass is 10.3. The number of rotatable bonds is 3. The Balaban J connectivity index is 1.68. The van der Waals surface area contributed by atoms with Crippen molar-refractivity contribution in [1.29, 1.82) is 0 Å². The van der Waals surface area contributed by atoms with Crippen LogP contribution in [0, 0.1) is 0 Å². The average Bonchev–Trinajstić information content (AvgIpc) is 2.59. The summed E-state index contributed by atoms with van der Waals surface area (Å²) < 4.78 is 5.23. The Labute approximate surface area is 143 Å². The van der Waals surface area contributed by atoms with Gasteiger partial charge in [0, 0.05) is 18.8 Å². The summed E-state index contributed by atoms with van der Waals surface area (Å²) in [5, 5.41) is 12.0. The number of halogens is 2. The van der Waals surface area contributed by atoms with Crippen LogP contribution in [0.4, 0.5) is 11.5 Å². The van der Waals surface area contributed by atoms with E-state index in [1.54, 1.807) is 35.2 Å². The van der Waals surface area contributed by atoms with Gasteiger partial charge in [0.05, 0.1) is 23.3 Å². The van der Waals surface area contributed by atoms with Crippen molar-refractivity contribution in [2.24, 2.45) is 0 Å². The molecular formula is C15H14Cl2N4O2. The SMILES string of the molecule is O=C(c1ccc(Nc2ccc(Cl)c(Cl)c2)nn1)N1CCOCC1. The molecule has 0 saturated carbocycles. The van der Waals surface area contributed by atoms with Crippen LogP contribution in [0.5, 0.6) is 0 Å². The monoisotopic (exact) mass is 352 g/mol. The van der Waals surface area contributed by atoms with Crippen LogP contribution < -0.4 is 5.32 Å². The second-order valence-corrected chi connectivity index (χ2v) is 5.78. The number of aromatic nitrogens is 2. The third-order valence-electron chi connectivity index (χ3n) is 3.37. The molecule has 120 valence electrons. The van der Waals surface area contributed by atoms with Crippen LogP contribution in [0.25, 0.3) is 0 Å². The summed E-state index contributed by atoms with van der Waals surface area (Å²) in [5.74, 6) is 0.379. The fourth-order valence-corrected chi connectivity index (χ4v) is 2.46. The average molecular weight is 353 g/mol. The quantitative estimate of drug-likeness (QED) is 0.919. The Morgan fingerprint density at radius 3 is 2.52 bits per heavy atom. The second-order valence-electron chi connectivity index (χ2n) is 4.96. The molecule has 1 fully saturated rings. The summed E-state index contributed by atoms with van der Waals surface area (Å²) >= 11 is 11.8. The van der Waals surface area contributed by atoms with Gasteiger partial charge in [-0.25, -0.2) is 0 Å². The molecule has 1 aliphatic heterocycles. The van der Waals surface area contributed by atoms with Crippen molar-refractivity contribution >= 4 is 40.6 Å². The molecular weight excluding hydrogens is 339 g/mol. The number of nitrogens with one attached hydrogen (secondary N) is 1. The van der Waals surface area contributed by atoms with Crippen molar-refractivity contribution in [3.63, 3.8) is 0 Å². The molecule has 23 heavy (non-hydrogen) atoms. The van der Waals surface area contributed by atoms with E-state index in [4.69, 9.17) is 27.9 Å². The fourth-order valence-electron chi connectivity index (χ4n) is 2.16. The lowest BCUT2D eigenvalue weighted by molar-refractivity contribution is 0.0298. The Bertz CT molecular complexity index is 703. The van der Waals surface area contributed by atoms with Gasteiger partial charge in [-0.3, -0.25) is 4.79 Å². The standard InChI is InChI=1S/C15H14Cl2N4O2/c16-11-2-1-10(9-12(11)17)18-14-4-3-13(19-20-14)15(22)21-5-7-23-8-6-21/h1-4,9H,5-8H2,(H,18,20). The predicted molar refractivity (Wildman–Crippen MR) is 88.5 cm³/mol. The number of benzene rings is 1. The summed E-state index contributed by atoms with van der Waals surface area (Å²) in [6.07, 6.45) is 0. The molecule has 2 aromatic rings. The maximum atomic E-state index is 12.3. The summed E-state index contributed by atoms with van der Waals surface area (Å²) in [6.45, 7) is 2.25. The van der Waals surface area contributed by atoms with Crippen LogP contribution in [-0.2, 0) is 4.74 Å². The molecule has 0 radical (unpaired) electrons. The molecule has 1 aromatic heterocycles. The zero-order valence-corrected chi connectivity index (χ0v) is 13.6. The third-order valence-corrected chi connectivity index (χ3v) is 4.11. The lowest BCUT2D eigenvalue weighted by Gasteiger charge is -2.26. The highest BCUT2D eigenvalue weighted by molar-refractivity contribution is 6.42. The molecule has 0 bridgehead atoms. The predicted octanol–water partition coefficient (Wildman–Crippen LogP) is 3.00. The van der Waals surface area contributed by atoms with Crippen molar-refractivity contribution in [2.75, 3.05) is 31.6 Å². The molecule has 3 rings (SSSR count). The molecule has 1 saturated heterocycles. The Morgan fingerprint density at radius 2 is 1.87 bits per heavy atom. The molecule has 1 N–H and O–H groups in total. The molecule has 0 spiro atoms. The van der Waals surface area contributed by atoms with Crippen LogP contribution in [0.2, 0.25) is 10.0 Å². The molecule has 0 atom stereocenters. The van der Waals surface area contributed by atoms with Gasteiger partial charge in [0.25, 0.3) is 5.91 Å². The third kappa shape index (κ3) is 3.90. The van der Waals surface area contributed by atoms with Gasteiger partial charge in [0.1, 0.15) is 0 Å². The first kappa shape index (κ1) is 16.0. The maximum Gasteiger partial charge on any atom is 0.274 e. The second kappa shape index (κ2) is 7.12. The van der Waals surface area contributed by atoms with Crippen molar-refractivity contribution < 1.29 is 9.53 Å². The van der Waals surface area contributed by atoms with E-state index in [2.05, 4.69) is 15.5 Å². The summed E-state index contributed by atoms with van der Waals surface area (Å²) in [6, 6.07) is 8.50. The number of nitrogens with zero attached hydrogens (tertiary/aromatic N) is 3. The van der Waals surface area contributed by atoms with Crippen molar-refractivity contribution in [3.8, 4) is 0 Å². The highest BCUT2D eigenvalue weighted by Gasteiger charge is 2.19. The number of anilines is 2. The van der Waals surface area contributed by atoms with Crippen LogP contribution in [0.15, 0.2) is 30.3 Å². The van der Waals surface area contributed by atoms with Gasteiger partial charge in [0.15, 0.2) is 11.5 Å². The van der Waals surface area contributed by atoms with E-state index >= 15 is 0 Å². The maximum absolute atomic E-state index is 12.3. The molecule has 1 amide bonds. The normalized spacial score (nSPS) is 14.6. The zero-order valence-electron chi connectivity index (χ0n) is 12.1. The van der Waals surface area contributed by atoms with Gasteiger partial charge in [-0.2, -0.15) is 0 Å². The number of morpholine rings is 1. The van der Waals surface area contributed by atoms with Gasteiger partial charge in [0.2, 0.25) is 0 Å². The van der Waals surface area contributed by atoms with Crippen molar-refractivity contribution in [3.05, 3.63) is 46.1 Å². The summed E-state index contributed by atoms with van der Waals surface area (Å²) in [7, 11) is 0. The summed E-state index contributed by atoms with van der Waals surface area (Å²) in [4.78, 5) is 14.0. The van der Waals surface area contributed by atoms with Crippen LogP contribution in [0.1, 0.15) is 10.5 Å². The highest BCUT2D eigenvalue weighted by atomic mass is 35.5. The van der Waals surface area contributed by atoms with E-state index in [0.29, 0.717) is 47.9 Å². The summed E-state index contributed by atoms with van der Waals surface area (Å²) in [5.41, 5.74) is 1.05. The first-order chi connectivity index (χ1) is 11.1. The Kier molecular flexibility index (Phi) is 4.95. The van der Waals surface area contributed by atoms with Crippen LogP contribution >= 0.6 is 23.2 Å². The lowest BCUT2D eigenvalue weighted by Crippen LogP contribution is -2.41. The van der Waals surface area contributed by atoms with E-state index in [-0.39, 0.29) is 5.91 Å². The first-order valence-electron chi connectivity index (χ1n) is 7.06. The first-order valence-corrected chi connectivity index (χ1v) is 7.82. The van der Waals surface area contributed by atoms with Gasteiger partial charge in [-0.05, 0) is 30.3 Å². The van der Waals surface area contributed by atoms with Gasteiger partial charge >= 0.3 is 0 Å². The van der Waals surface area contributed by atoms with E-state index in [0.717, 1.165) is 5.69 Å². The number of ether oxygens (including phenoxy) is 1. The van der Waals surface area contributed by atoms with E-state index in [1.165, 1.54) is 0 Å². The molecule has 1 aliphatic rings.